The summed E-state index contributed by atoms with van der Waals surface area (Å²) in [4.78, 5) is 11.1. The SMILES string of the molecule is O=C(O)c1ccc(Br)cc1NCc1cccnn1. The summed E-state index contributed by atoms with van der Waals surface area (Å²) in [6, 6.07) is 8.56. The molecule has 0 bridgehead atoms. The fraction of sp³-hybridized carbons (Fsp3) is 0.0833. The van der Waals surface area contributed by atoms with E-state index in [9.17, 15) is 4.79 Å². The Balaban J connectivity index is 2.18. The second-order valence-electron chi connectivity index (χ2n) is 3.56. The molecule has 5 nitrogen and oxygen atoms in total. The van der Waals surface area contributed by atoms with Crippen LogP contribution >= 0.6 is 15.9 Å². The number of carboxylic acid groups (broad SMARTS) is 1. The van der Waals surface area contributed by atoms with Gasteiger partial charge in [-0.15, -0.1) is 0 Å². The first-order valence-corrected chi connectivity index (χ1v) is 5.99. The van der Waals surface area contributed by atoms with Crippen LogP contribution in [-0.4, -0.2) is 21.3 Å². The summed E-state index contributed by atoms with van der Waals surface area (Å²) in [6.45, 7) is 0.421. The number of aromatic carboxylic acids is 1. The number of aromatic nitrogens is 2. The second-order valence-corrected chi connectivity index (χ2v) is 4.48. The fourth-order valence-corrected chi connectivity index (χ4v) is 1.82. The number of rotatable bonds is 4. The summed E-state index contributed by atoms with van der Waals surface area (Å²) in [5.41, 5.74) is 1.51. The normalized spacial score (nSPS) is 10.1. The first kappa shape index (κ1) is 12.5. The van der Waals surface area contributed by atoms with Gasteiger partial charge in [-0.1, -0.05) is 15.9 Å². The Hall–Kier alpha value is -1.95. The zero-order valence-corrected chi connectivity index (χ0v) is 10.9. The van der Waals surface area contributed by atoms with E-state index in [2.05, 4.69) is 31.4 Å². The zero-order chi connectivity index (χ0) is 13.0. The van der Waals surface area contributed by atoms with Crippen LogP contribution in [0.25, 0.3) is 0 Å². The highest BCUT2D eigenvalue weighted by Crippen LogP contribution is 2.22. The molecule has 0 unspecified atom stereocenters. The molecule has 1 heterocycles. The van der Waals surface area contributed by atoms with E-state index in [4.69, 9.17) is 5.11 Å². The van der Waals surface area contributed by atoms with Gasteiger partial charge in [0, 0.05) is 10.7 Å². The first-order valence-electron chi connectivity index (χ1n) is 5.20. The number of hydrogen-bond acceptors (Lipinski definition) is 4. The van der Waals surface area contributed by atoms with Crippen molar-refractivity contribution in [1.29, 1.82) is 0 Å². The quantitative estimate of drug-likeness (QED) is 0.908. The Morgan fingerprint density at radius 1 is 1.39 bits per heavy atom. The second kappa shape index (κ2) is 5.59. The van der Waals surface area contributed by atoms with Crippen LogP contribution < -0.4 is 5.32 Å². The summed E-state index contributed by atoms with van der Waals surface area (Å²) in [5.74, 6) is -0.968. The molecule has 2 N–H and O–H groups in total. The van der Waals surface area contributed by atoms with Gasteiger partial charge in [-0.05, 0) is 30.3 Å². The van der Waals surface area contributed by atoms with Crippen molar-refractivity contribution in [2.45, 2.75) is 6.54 Å². The largest absolute Gasteiger partial charge is 0.478 e. The maximum absolute atomic E-state index is 11.1. The van der Waals surface area contributed by atoms with E-state index >= 15 is 0 Å². The first-order chi connectivity index (χ1) is 8.66. The molecule has 0 radical (unpaired) electrons. The third-order valence-corrected chi connectivity index (χ3v) is 2.79. The fourth-order valence-electron chi connectivity index (χ4n) is 1.46. The highest BCUT2D eigenvalue weighted by Gasteiger charge is 2.10. The van der Waals surface area contributed by atoms with Gasteiger partial charge in [0.2, 0.25) is 0 Å². The smallest absolute Gasteiger partial charge is 0.337 e. The van der Waals surface area contributed by atoms with Gasteiger partial charge in [-0.2, -0.15) is 10.2 Å². The van der Waals surface area contributed by atoms with Crippen molar-refractivity contribution in [2.24, 2.45) is 0 Å². The van der Waals surface area contributed by atoms with E-state index in [1.807, 2.05) is 6.07 Å². The molecule has 0 saturated heterocycles. The van der Waals surface area contributed by atoms with E-state index in [0.29, 0.717) is 12.2 Å². The average molecular weight is 308 g/mol. The molecule has 0 aliphatic carbocycles. The van der Waals surface area contributed by atoms with E-state index in [1.54, 1.807) is 30.5 Å². The van der Waals surface area contributed by atoms with E-state index in [0.717, 1.165) is 10.2 Å². The van der Waals surface area contributed by atoms with Crippen LogP contribution in [0.1, 0.15) is 16.1 Å². The van der Waals surface area contributed by atoms with Crippen molar-refractivity contribution in [2.75, 3.05) is 5.32 Å². The Morgan fingerprint density at radius 2 is 2.22 bits per heavy atom. The Labute approximate surface area is 112 Å². The maximum Gasteiger partial charge on any atom is 0.337 e. The number of benzene rings is 1. The molecule has 0 aliphatic heterocycles. The summed E-state index contributed by atoms with van der Waals surface area (Å²) in [6.07, 6.45) is 1.59. The lowest BCUT2D eigenvalue weighted by atomic mass is 10.2. The van der Waals surface area contributed by atoms with Crippen LogP contribution in [-0.2, 0) is 6.54 Å². The number of halogens is 1. The molecular weight excluding hydrogens is 298 g/mol. The maximum atomic E-state index is 11.1. The summed E-state index contributed by atoms with van der Waals surface area (Å²) < 4.78 is 0.814. The monoisotopic (exact) mass is 307 g/mol. The molecule has 2 aromatic rings. The molecule has 6 heteroatoms. The van der Waals surface area contributed by atoms with Crippen molar-refractivity contribution < 1.29 is 9.90 Å². The molecule has 0 aliphatic rings. The van der Waals surface area contributed by atoms with Crippen molar-refractivity contribution >= 4 is 27.6 Å². The highest BCUT2D eigenvalue weighted by molar-refractivity contribution is 9.10. The Bertz CT molecular complexity index is 561. The van der Waals surface area contributed by atoms with Crippen molar-refractivity contribution in [1.82, 2.24) is 10.2 Å². The molecule has 0 fully saturated rings. The molecule has 1 aromatic carbocycles. The lowest BCUT2D eigenvalue weighted by Crippen LogP contribution is -2.07. The average Bonchev–Trinajstić information content (AvgIpc) is 2.37. The van der Waals surface area contributed by atoms with Crippen LogP contribution in [0, 0.1) is 0 Å². The minimum atomic E-state index is -0.968. The number of carbonyl (C=O) groups is 1. The molecule has 0 saturated carbocycles. The van der Waals surface area contributed by atoms with Gasteiger partial charge in [0.1, 0.15) is 0 Å². The Morgan fingerprint density at radius 3 is 2.89 bits per heavy atom. The summed E-state index contributed by atoms with van der Waals surface area (Å²) >= 11 is 3.31. The van der Waals surface area contributed by atoms with Crippen LogP contribution in [0.3, 0.4) is 0 Å². The third kappa shape index (κ3) is 3.04. The van der Waals surface area contributed by atoms with Gasteiger partial charge < -0.3 is 10.4 Å². The van der Waals surface area contributed by atoms with Gasteiger partial charge >= 0.3 is 5.97 Å². The van der Waals surface area contributed by atoms with Crippen molar-refractivity contribution in [3.8, 4) is 0 Å². The van der Waals surface area contributed by atoms with Gasteiger partial charge in [0.05, 0.1) is 23.5 Å². The minimum absolute atomic E-state index is 0.224. The number of anilines is 1. The third-order valence-electron chi connectivity index (χ3n) is 2.30. The number of nitrogens with one attached hydrogen (secondary N) is 1. The van der Waals surface area contributed by atoms with Crippen LogP contribution in [0.15, 0.2) is 41.0 Å². The topological polar surface area (TPSA) is 75.1 Å². The molecule has 0 amide bonds. The van der Waals surface area contributed by atoms with Gasteiger partial charge in [-0.3, -0.25) is 0 Å². The molecule has 0 atom stereocenters. The molecule has 92 valence electrons. The lowest BCUT2D eigenvalue weighted by molar-refractivity contribution is 0.0698. The highest BCUT2D eigenvalue weighted by atomic mass is 79.9. The van der Waals surface area contributed by atoms with E-state index in [1.165, 1.54) is 0 Å². The van der Waals surface area contributed by atoms with Gasteiger partial charge in [0.25, 0.3) is 0 Å². The summed E-state index contributed by atoms with van der Waals surface area (Å²) in [5, 5.41) is 19.8. The van der Waals surface area contributed by atoms with Crippen molar-refractivity contribution in [3.63, 3.8) is 0 Å². The Kier molecular flexibility index (Phi) is 3.88. The minimum Gasteiger partial charge on any atom is -0.478 e. The van der Waals surface area contributed by atoms with Crippen molar-refractivity contribution in [3.05, 3.63) is 52.3 Å². The predicted molar refractivity (Wildman–Crippen MR) is 70.5 cm³/mol. The zero-order valence-electron chi connectivity index (χ0n) is 9.30. The molecule has 0 spiro atoms. The molecule has 18 heavy (non-hydrogen) atoms. The summed E-state index contributed by atoms with van der Waals surface area (Å²) in [7, 11) is 0. The van der Waals surface area contributed by atoms with E-state index < -0.39 is 5.97 Å². The van der Waals surface area contributed by atoms with Gasteiger partial charge in [-0.25, -0.2) is 4.79 Å². The number of hydrogen-bond donors (Lipinski definition) is 2. The number of carboxylic acids is 1. The molecular formula is C12H10BrN3O2. The van der Waals surface area contributed by atoms with Gasteiger partial charge in [0.15, 0.2) is 0 Å². The van der Waals surface area contributed by atoms with Crippen LogP contribution in [0.2, 0.25) is 0 Å². The molecule has 1 aromatic heterocycles. The van der Waals surface area contributed by atoms with Crippen LogP contribution in [0.5, 0.6) is 0 Å². The van der Waals surface area contributed by atoms with E-state index in [-0.39, 0.29) is 5.56 Å². The standard InChI is InChI=1S/C12H10BrN3O2/c13-8-3-4-10(12(17)18)11(6-8)14-7-9-2-1-5-15-16-9/h1-6,14H,7H2,(H,17,18). The lowest BCUT2D eigenvalue weighted by Gasteiger charge is -2.09. The van der Waals surface area contributed by atoms with Crippen LogP contribution in [0.4, 0.5) is 5.69 Å². The number of nitrogens with zero attached hydrogens (tertiary/aromatic N) is 2. The molecule has 2 rings (SSSR count). The predicted octanol–water partition coefficient (Wildman–Crippen LogP) is 2.55.